The predicted octanol–water partition coefficient (Wildman–Crippen LogP) is 4.61. The van der Waals surface area contributed by atoms with Crippen molar-refractivity contribution in [1.82, 2.24) is 4.90 Å². The van der Waals surface area contributed by atoms with Gasteiger partial charge in [-0.1, -0.05) is 54.6 Å². The molecule has 3 aromatic rings. The Morgan fingerprint density at radius 3 is 2.32 bits per heavy atom. The number of methoxy groups -OCH3 is 1. The third kappa shape index (κ3) is 4.23. The SMILES string of the molecule is COc1ccccc1N1CCN(C(=N)Cc2ccc3ccccc3c2)CC1.Cl. The molecule has 146 valence electrons. The van der Waals surface area contributed by atoms with Gasteiger partial charge in [-0.2, -0.15) is 0 Å². The Morgan fingerprint density at radius 2 is 1.57 bits per heavy atom. The molecule has 0 radical (unpaired) electrons. The van der Waals surface area contributed by atoms with Crippen molar-refractivity contribution < 1.29 is 4.74 Å². The molecular formula is C23H26ClN3O. The van der Waals surface area contributed by atoms with Gasteiger partial charge in [0.1, 0.15) is 11.6 Å². The number of fused-ring (bicyclic) bond motifs is 1. The molecule has 1 fully saturated rings. The van der Waals surface area contributed by atoms with Gasteiger partial charge in [0.25, 0.3) is 0 Å². The molecular weight excluding hydrogens is 370 g/mol. The second-order valence-corrected chi connectivity index (χ2v) is 6.95. The molecule has 0 unspecified atom stereocenters. The van der Waals surface area contributed by atoms with Gasteiger partial charge in [-0.15, -0.1) is 12.4 Å². The molecule has 5 heteroatoms. The normalized spacial score (nSPS) is 13.9. The van der Waals surface area contributed by atoms with Crippen LogP contribution < -0.4 is 9.64 Å². The van der Waals surface area contributed by atoms with E-state index >= 15 is 0 Å². The Labute approximate surface area is 172 Å². The van der Waals surface area contributed by atoms with E-state index in [-0.39, 0.29) is 12.4 Å². The van der Waals surface area contributed by atoms with Crippen LogP contribution in [0.4, 0.5) is 5.69 Å². The van der Waals surface area contributed by atoms with E-state index in [2.05, 4.69) is 58.3 Å². The van der Waals surface area contributed by atoms with Crippen molar-refractivity contribution in [3.63, 3.8) is 0 Å². The van der Waals surface area contributed by atoms with E-state index in [1.165, 1.54) is 16.3 Å². The molecule has 1 aliphatic rings. The van der Waals surface area contributed by atoms with Crippen molar-refractivity contribution >= 4 is 34.7 Å². The molecule has 3 aromatic carbocycles. The molecule has 1 aliphatic heterocycles. The van der Waals surface area contributed by atoms with Gasteiger partial charge in [0.2, 0.25) is 0 Å². The van der Waals surface area contributed by atoms with Crippen molar-refractivity contribution in [2.24, 2.45) is 0 Å². The Morgan fingerprint density at radius 1 is 0.893 bits per heavy atom. The zero-order valence-electron chi connectivity index (χ0n) is 16.1. The monoisotopic (exact) mass is 395 g/mol. The van der Waals surface area contributed by atoms with Crippen molar-refractivity contribution in [3.8, 4) is 5.75 Å². The predicted molar refractivity (Wildman–Crippen MR) is 119 cm³/mol. The Bertz CT molecular complexity index is 951. The molecule has 4 rings (SSSR count). The number of anilines is 1. The van der Waals surface area contributed by atoms with Gasteiger partial charge in [-0.05, 0) is 28.5 Å². The Balaban J connectivity index is 0.00000225. The number of benzene rings is 3. The van der Waals surface area contributed by atoms with Crippen LogP contribution in [0.25, 0.3) is 10.8 Å². The molecule has 0 bridgehead atoms. The maximum absolute atomic E-state index is 8.56. The second kappa shape index (κ2) is 8.98. The van der Waals surface area contributed by atoms with Crippen LogP contribution in [0.1, 0.15) is 5.56 Å². The van der Waals surface area contributed by atoms with Gasteiger partial charge < -0.3 is 14.5 Å². The number of amidine groups is 1. The fourth-order valence-corrected chi connectivity index (χ4v) is 3.76. The van der Waals surface area contributed by atoms with Crippen LogP contribution >= 0.6 is 12.4 Å². The number of hydrogen-bond acceptors (Lipinski definition) is 3. The lowest BCUT2D eigenvalue weighted by Crippen LogP contribution is -2.49. The largest absolute Gasteiger partial charge is 0.495 e. The second-order valence-electron chi connectivity index (χ2n) is 6.95. The minimum Gasteiger partial charge on any atom is -0.495 e. The van der Waals surface area contributed by atoms with E-state index in [1.54, 1.807) is 7.11 Å². The van der Waals surface area contributed by atoms with Gasteiger partial charge in [-0.3, -0.25) is 5.41 Å². The van der Waals surface area contributed by atoms with Gasteiger partial charge in [0.15, 0.2) is 0 Å². The first-order valence-corrected chi connectivity index (χ1v) is 9.42. The summed E-state index contributed by atoms with van der Waals surface area (Å²) in [5.41, 5.74) is 2.34. The first-order chi connectivity index (χ1) is 13.2. The average Bonchev–Trinajstić information content (AvgIpc) is 2.73. The highest BCUT2D eigenvalue weighted by molar-refractivity contribution is 5.86. The number of piperazine rings is 1. The summed E-state index contributed by atoms with van der Waals surface area (Å²) in [7, 11) is 1.72. The number of hydrogen-bond donors (Lipinski definition) is 1. The third-order valence-corrected chi connectivity index (χ3v) is 5.27. The summed E-state index contributed by atoms with van der Waals surface area (Å²) in [5, 5.41) is 11.0. The van der Waals surface area contributed by atoms with Gasteiger partial charge in [0.05, 0.1) is 12.8 Å². The first-order valence-electron chi connectivity index (χ1n) is 9.42. The maximum atomic E-state index is 8.56. The lowest BCUT2D eigenvalue weighted by molar-refractivity contribution is 0.372. The number of nitrogens with zero attached hydrogens (tertiary/aromatic N) is 2. The van der Waals surface area contributed by atoms with Crippen LogP contribution in [-0.2, 0) is 6.42 Å². The zero-order chi connectivity index (χ0) is 18.6. The Hall–Kier alpha value is -2.72. The van der Waals surface area contributed by atoms with E-state index in [4.69, 9.17) is 10.1 Å². The van der Waals surface area contributed by atoms with E-state index < -0.39 is 0 Å². The van der Waals surface area contributed by atoms with E-state index in [0.717, 1.165) is 37.6 Å². The number of rotatable bonds is 4. The standard InChI is InChI=1S/C23H25N3O.ClH/c1-27-22-9-5-4-8-21(22)25-12-14-26(15-13-25)23(24)17-18-10-11-19-6-2-3-7-20(19)16-18;/h2-11,16,24H,12-15,17H2,1H3;1H. The van der Waals surface area contributed by atoms with E-state index in [9.17, 15) is 0 Å². The Kier molecular flexibility index (Phi) is 6.42. The van der Waals surface area contributed by atoms with Gasteiger partial charge >= 0.3 is 0 Å². The molecule has 4 nitrogen and oxygen atoms in total. The molecule has 1 heterocycles. The third-order valence-electron chi connectivity index (χ3n) is 5.27. The minimum absolute atomic E-state index is 0. The summed E-state index contributed by atoms with van der Waals surface area (Å²) < 4.78 is 5.49. The number of para-hydroxylation sites is 2. The summed E-state index contributed by atoms with van der Waals surface area (Å²) in [6.45, 7) is 3.54. The summed E-state index contributed by atoms with van der Waals surface area (Å²) in [5.74, 6) is 1.61. The van der Waals surface area contributed by atoms with Crippen LogP contribution in [-0.4, -0.2) is 44.0 Å². The summed E-state index contributed by atoms with van der Waals surface area (Å²) >= 11 is 0. The number of nitrogens with one attached hydrogen (secondary N) is 1. The highest BCUT2D eigenvalue weighted by Crippen LogP contribution is 2.28. The van der Waals surface area contributed by atoms with Crippen LogP contribution in [0.2, 0.25) is 0 Å². The fourth-order valence-electron chi connectivity index (χ4n) is 3.76. The molecule has 28 heavy (non-hydrogen) atoms. The first kappa shape index (κ1) is 20.0. The van der Waals surface area contributed by atoms with Crippen LogP contribution in [0.15, 0.2) is 66.7 Å². The fraction of sp³-hybridized carbons (Fsp3) is 0.261. The highest BCUT2D eigenvalue weighted by Gasteiger charge is 2.21. The lowest BCUT2D eigenvalue weighted by atomic mass is 10.0. The zero-order valence-corrected chi connectivity index (χ0v) is 16.9. The summed E-state index contributed by atoms with van der Waals surface area (Å²) in [6.07, 6.45) is 0.680. The molecule has 1 saturated heterocycles. The van der Waals surface area contributed by atoms with E-state index in [1.807, 2.05) is 18.2 Å². The maximum Gasteiger partial charge on any atom is 0.142 e. The summed E-state index contributed by atoms with van der Waals surface area (Å²) in [6, 6.07) is 23.0. The highest BCUT2D eigenvalue weighted by atomic mass is 35.5. The van der Waals surface area contributed by atoms with Crippen molar-refractivity contribution in [1.29, 1.82) is 5.41 Å². The summed E-state index contributed by atoms with van der Waals surface area (Å²) in [4.78, 5) is 4.54. The number of ether oxygens (including phenoxy) is 1. The number of halogens is 1. The van der Waals surface area contributed by atoms with Crippen molar-refractivity contribution in [3.05, 3.63) is 72.3 Å². The molecule has 0 spiro atoms. The average molecular weight is 396 g/mol. The lowest BCUT2D eigenvalue weighted by Gasteiger charge is -2.37. The van der Waals surface area contributed by atoms with Gasteiger partial charge in [0, 0.05) is 32.6 Å². The molecule has 0 aromatic heterocycles. The minimum atomic E-state index is 0. The van der Waals surface area contributed by atoms with Crippen molar-refractivity contribution in [2.45, 2.75) is 6.42 Å². The molecule has 0 atom stereocenters. The van der Waals surface area contributed by atoms with Crippen LogP contribution in [0, 0.1) is 5.41 Å². The smallest absolute Gasteiger partial charge is 0.142 e. The van der Waals surface area contributed by atoms with Gasteiger partial charge in [-0.25, -0.2) is 0 Å². The molecule has 0 aliphatic carbocycles. The molecule has 0 saturated carbocycles. The van der Waals surface area contributed by atoms with E-state index in [0.29, 0.717) is 12.3 Å². The molecule has 0 amide bonds. The van der Waals surface area contributed by atoms with Crippen LogP contribution in [0.3, 0.4) is 0 Å². The van der Waals surface area contributed by atoms with Crippen molar-refractivity contribution in [2.75, 3.05) is 38.2 Å². The molecule has 1 N–H and O–H groups in total. The van der Waals surface area contributed by atoms with Crippen LogP contribution in [0.5, 0.6) is 5.75 Å². The quantitative estimate of drug-likeness (QED) is 0.518. The topological polar surface area (TPSA) is 39.6 Å².